The number of benzene rings is 1. The lowest BCUT2D eigenvalue weighted by atomic mass is 9.70. The number of methoxy groups -OCH3 is 1. The van der Waals surface area contributed by atoms with Crippen LogP contribution in [0.15, 0.2) is 24.4 Å². The molecule has 1 aliphatic heterocycles. The number of para-hydroxylation sites is 1. The second-order valence-electron chi connectivity index (χ2n) is 6.16. The number of rotatable bonds is 4. The molecule has 0 bridgehead atoms. The molecule has 3 rings (SSSR count). The van der Waals surface area contributed by atoms with E-state index < -0.39 is 0 Å². The van der Waals surface area contributed by atoms with Gasteiger partial charge in [0.15, 0.2) is 0 Å². The summed E-state index contributed by atoms with van der Waals surface area (Å²) in [6, 6.07) is 5.96. The van der Waals surface area contributed by atoms with Crippen molar-refractivity contribution in [3.63, 3.8) is 0 Å². The van der Waals surface area contributed by atoms with E-state index in [2.05, 4.69) is 0 Å². The molecule has 22 heavy (non-hydrogen) atoms. The van der Waals surface area contributed by atoms with Crippen LogP contribution in [-0.4, -0.2) is 30.4 Å². The molecule has 120 valence electrons. The summed E-state index contributed by atoms with van der Waals surface area (Å²) in [7, 11) is 1.63. The average molecular weight is 303 g/mol. The molecule has 5 nitrogen and oxygen atoms in total. The second kappa shape index (κ2) is 6.18. The van der Waals surface area contributed by atoms with Gasteiger partial charge in [-0.1, -0.05) is 12.1 Å². The smallest absolute Gasteiger partial charge is 0.149 e. The molecular formula is C17H25N3O2. The van der Waals surface area contributed by atoms with Gasteiger partial charge in [0.05, 0.1) is 24.4 Å². The zero-order chi connectivity index (χ0) is 15.6. The van der Waals surface area contributed by atoms with Crippen LogP contribution in [0.25, 0.3) is 6.08 Å². The van der Waals surface area contributed by atoms with E-state index in [1.165, 1.54) is 6.42 Å². The van der Waals surface area contributed by atoms with Gasteiger partial charge in [-0.25, -0.2) is 5.84 Å². The fourth-order valence-electron chi connectivity index (χ4n) is 3.56. The molecule has 1 saturated carbocycles. The molecule has 1 aromatic rings. The topological polar surface area (TPSA) is 73.7 Å². The molecule has 0 amide bonds. The summed E-state index contributed by atoms with van der Waals surface area (Å²) in [6.45, 7) is 0.858. The Hall–Kier alpha value is -1.72. The summed E-state index contributed by atoms with van der Waals surface area (Å²) in [5, 5.41) is 1.79. The second-order valence-corrected chi connectivity index (χ2v) is 6.16. The molecule has 2 aliphatic rings. The van der Waals surface area contributed by atoms with Gasteiger partial charge in [-0.2, -0.15) is 0 Å². The SMILES string of the molecule is COc1c(N)cccc1/C=C/N(N)[C@@H]1CC[C@]12CCCCO2. The Morgan fingerprint density at radius 3 is 2.86 bits per heavy atom. The highest BCUT2D eigenvalue weighted by Gasteiger charge is 2.50. The first-order chi connectivity index (χ1) is 10.7. The van der Waals surface area contributed by atoms with Gasteiger partial charge >= 0.3 is 0 Å². The Balaban J connectivity index is 1.72. The van der Waals surface area contributed by atoms with Crippen molar-refractivity contribution in [2.24, 2.45) is 5.84 Å². The van der Waals surface area contributed by atoms with Crippen molar-refractivity contribution in [3.05, 3.63) is 30.0 Å². The molecule has 0 unspecified atom stereocenters. The Labute approximate surface area is 131 Å². The van der Waals surface area contributed by atoms with Crippen molar-refractivity contribution >= 4 is 11.8 Å². The van der Waals surface area contributed by atoms with Gasteiger partial charge in [-0.15, -0.1) is 0 Å². The summed E-state index contributed by atoms with van der Waals surface area (Å²) < 4.78 is 11.4. The molecule has 0 radical (unpaired) electrons. The average Bonchev–Trinajstić information content (AvgIpc) is 2.52. The van der Waals surface area contributed by atoms with Crippen molar-refractivity contribution in [2.45, 2.75) is 43.7 Å². The van der Waals surface area contributed by atoms with Gasteiger partial charge in [0.25, 0.3) is 0 Å². The van der Waals surface area contributed by atoms with Crippen molar-refractivity contribution < 1.29 is 9.47 Å². The van der Waals surface area contributed by atoms with Crippen molar-refractivity contribution in [1.29, 1.82) is 0 Å². The first-order valence-electron chi connectivity index (χ1n) is 7.94. The molecule has 1 aromatic carbocycles. The molecule has 2 atom stereocenters. The number of hydrogen-bond donors (Lipinski definition) is 2. The monoisotopic (exact) mass is 303 g/mol. The van der Waals surface area contributed by atoms with Crippen LogP contribution in [0.2, 0.25) is 0 Å². The number of nitrogens with zero attached hydrogens (tertiary/aromatic N) is 1. The lowest BCUT2D eigenvalue weighted by molar-refractivity contribution is -0.173. The first-order valence-corrected chi connectivity index (χ1v) is 7.94. The molecule has 4 N–H and O–H groups in total. The molecule has 5 heteroatoms. The van der Waals surface area contributed by atoms with Crippen molar-refractivity contribution in [1.82, 2.24) is 5.01 Å². The van der Waals surface area contributed by atoms with E-state index in [1.807, 2.05) is 30.5 Å². The minimum Gasteiger partial charge on any atom is -0.494 e. The Morgan fingerprint density at radius 2 is 2.23 bits per heavy atom. The number of ether oxygens (including phenoxy) is 2. The Bertz CT molecular complexity index is 553. The number of anilines is 1. The first kappa shape index (κ1) is 15.2. The van der Waals surface area contributed by atoms with Gasteiger partial charge in [0.1, 0.15) is 5.75 Å². The maximum absolute atomic E-state index is 6.26. The largest absolute Gasteiger partial charge is 0.494 e. The van der Waals surface area contributed by atoms with Gasteiger partial charge in [0.2, 0.25) is 0 Å². The molecule has 1 spiro atoms. The summed E-state index contributed by atoms with van der Waals surface area (Å²) in [4.78, 5) is 0. The van der Waals surface area contributed by atoms with Crippen molar-refractivity contribution in [3.8, 4) is 5.75 Å². The quantitative estimate of drug-likeness (QED) is 0.508. The van der Waals surface area contributed by atoms with E-state index in [9.17, 15) is 0 Å². The fraction of sp³-hybridized carbons (Fsp3) is 0.529. The van der Waals surface area contributed by atoms with E-state index >= 15 is 0 Å². The van der Waals surface area contributed by atoms with Gasteiger partial charge in [0, 0.05) is 18.4 Å². The molecular weight excluding hydrogens is 278 g/mol. The summed E-state index contributed by atoms with van der Waals surface area (Å²) in [5.74, 6) is 6.94. The van der Waals surface area contributed by atoms with Crippen LogP contribution in [0.1, 0.15) is 37.7 Å². The highest BCUT2D eigenvalue weighted by Crippen LogP contribution is 2.44. The zero-order valence-electron chi connectivity index (χ0n) is 13.1. The zero-order valence-corrected chi connectivity index (χ0v) is 13.1. The third-order valence-electron chi connectivity index (χ3n) is 4.90. The predicted octanol–water partition coefficient (Wildman–Crippen LogP) is 2.53. The fourth-order valence-corrected chi connectivity index (χ4v) is 3.56. The summed E-state index contributed by atoms with van der Waals surface area (Å²) in [6.07, 6.45) is 9.55. The minimum atomic E-state index is -0.0306. The highest BCUT2D eigenvalue weighted by molar-refractivity contribution is 5.67. The van der Waals surface area contributed by atoms with Gasteiger partial charge in [-0.05, 0) is 44.2 Å². The summed E-state index contributed by atoms with van der Waals surface area (Å²) in [5.41, 5.74) is 7.45. The highest BCUT2D eigenvalue weighted by atomic mass is 16.5. The number of nitrogen functional groups attached to an aromatic ring is 1. The molecule has 1 saturated heterocycles. The molecule has 0 aromatic heterocycles. The molecule has 2 fully saturated rings. The molecule has 1 aliphatic carbocycles. The summed E-state index contributed by atoms with van der Waals surface area (Å²) >= 11 is 0. The number of hydrazine groups is 1. The lowest BCUT2D eigenvalue weighted by Crippen LogP contribution is -2.63. The van der Waals surface area contributed by atoms with Crippen LogP contribution in [0.5, 0.6) is 5.75 Å². The van der Waals surface area contributed by atoms with Crippen LogP contribution < -0.4 is 16.3 Å². The van der Waals surface area contributed by atoms with E-state index in [0.717, 1.165) is 37.9 Å². The maximum Gasteiger partial charge on any atom is 0.149 e. The van der Waals surface area contributed by atoms with E-state index in [0.29, 0.717) is 11.4 Å². The van der Waals surface area contributed by atoms with Crippen LogP contribution >= 0.6 is 0 Å². The lowest BCUT2D eigenvalue weighted by Gasteiger charge is -2.53. The van der Waals surface area contributed by atoms with Crippen LogP contribution in [-0.2, 0) is 4.74 Å². The van der Waals surface area contributed by atoms with Gasteiger partial charge in [-0.3, -0.25) is 0 Å². The maximum atomic E-state index is 6.26. The van der Waals surface area contributed by atoms with E-state index in [-0.39, 0.29) is 11.6 Å². The van der Waals surface area contributed by atoms with Crippen molar-refractivity contribution in [2.75, 3.05) is 19.5 Å². The Kier molecular flexibility index (Phi) is 4.27. The molecule has 1 heterocycles. The van der Waals surface area contributed by atoms with E-state index in [4.69, 9.17) is 21.1 Å². The standard InChI is InChI=1S/C17H25N3O2/c1-21-16-13(5-4-6-14(16)18)8-11-20(19)15-7-10-17(15)9-2-3-12-22-17/h4-6,8,11,15H,2-3,7,9-10,12,18-19H2,1H3/b11-8+/t15-,17-/m1/s1. The number of hydrogen-bond acceptors (Lipinski definition) is 5. The van der Waals surface area contributed by atoms with E-state index in [1.54, 1.807) is 12.1 Å². The minimum absolute atomic E-state index is 0.0306. The van der Waals surface area contributed by atoms with Crippen LogP contribution in [0, 0.1) is 0 Å². The predicted molar refractivity (Wildman–Crippen MR) is 88.0 cm³/mol. The normalized spacial score (nSPS) is 27.8. The Morgan fingerprint density at radius 1 is 1.36 bits per heavy atom. The third kappa shape index (κ3) is 2.66. The third-order valence-corrected chi connectivity index (χ3v) is 4.90. The van der Waals surface area contributed by atoms with Crippen LogP contribution in [0.3, 0.4) is 0 Å². The van der Waals surface area contributed by atoms with Crippen LogP contribution in [0.4, 0.5) is 5.69 Å². The number of nitrogens with two attached hydrogens (primary N) is 2. The van der Waals surface area contributed by atoms with Gasteiger partial charge < -0.3 is 20.2 Å².